The van der Waals surface area contributed by atoms with E-state index in [4.69, 9.17) is 4.74 Å². The van der Waals surface area contributed by atoms with Crippen molar-refractivity contribution in [1.82, 2.24) is 0 Å². The molecule has 0 N–H and O–H groups in total. The molecule has 0 heterocycles. The van der Waals surface area contributed by atoms with Crippen LogP contribution in [-0.4, -0.2) is 5.97 Å². The zero-order valence-electron chi connectivity index (χ0n) is 17.0. The fraction of sp³-hybridized carbons (Fsp3) is 0.625. The van der Waals surface area contributed by atoms with Crippen LogP contribution in [0.4, 0.5) is 0 Å². The second-order valence-corrected chi connectivity index (χ2v) is 7.45. The van der Waals surface area contributed by atoms with Crippen LogP contribution in [0.25, 0.3) is 0 Å². The Labute approximate surface area is 161 Å². The van der Waals surface area contributed by atoms with Crippen LogP contribution in [-0.2, 0) is 11.2 Å². The van der Waals surface area contributed by atoms with Crippen molar-refractivity contribution in [3.05, 3.63) is 42.0 Å². The molecule has 1 aromatic rings. The molecule has 0 aliphatic carbocycles. The van der Waals surface area contributed by atoms with Gasteiger partial charge in [-0.1, -0.05) is 96.3 Å². The highest BCUT2D eigenvalue weighted by Crippen LogP contribution is 2.16. The predicted octanol–water partition coefficient (Wildman–Crippen LogP) is 7.41. The highest BCUT2D eigenvalue weighted by molar-refractivity contribution is 5.88. The maximum absolute atomic E-state index is 11.5. The summed E-state index contributed by atoms with van der Waals surface area (Å²) in [6, 6.07) is 7.85. The molecule has 1 aromatic carbocycles. The molecule has 0 aromatic heterocycles. The third-order valence-corrected chi connectivity index (χ3v) is 4.80. The van der Waals surface area contributed by atoms with E-state index in [-0.39, 0.29) is 5.97 Å². The van der Waals surface area contributed by atoms with E-state index >= 15 is 0 Å². The smallest absolute Gasteiger partial charge is 0.338 e. The zero-order chi connectivity index (χ0) is 19.0. The lowest BCUT2D eigenvalue weighted by Crippen LogP contribution is -2.07. The lowest BCUT2D eigenvalue weighted by molar-refractivity contribution is -0.130. The molecule has 0 amide bonds. The summed E-state index contributed by atoms with van der Waals surface area (Å²) in [5, 5.41) is 0. The van der Waals surface area contributed by atoms with E-state index in [0.29, 0.717) is 11.3 Å². The first-order valence-electron chi connectivity index (χ1n) is 10.6. The summed E-state index contributed by atoms with van der Waals surface area (Å²) in [4.78, 5) is 11.5. The van der Waals surface area contributed by atoms with Gasteiger partial charge in [-0.05, 0) is 37.5 Å². The summed E-state index contributed by atoms with van der Waals surface area (Å²) >= 11 is 0. The summed E-state index contributed by atoms with van der Waals surface area (Å²) < 4.78 is 5.21. The molecule has 0 radical (unpaired) electrons. The quantitative estimate of drug-likeness (QED) is 0.141. The summed E-state index contributed by atoms with van der Waals surface area (Å²) in [6.45, 7) is 7.52. The Morgan fingerprint density at radius 3 is 1.73 bits per heavy atom. The van der Waals surface area contributed by atoms with Crippen molar-refractivity contribution in [3.8, 4) is 5.75 Å². The predicted molar refractivity (Wildman–Crippen MR) is 112 cm³/mol. The first-order chi connectivity index (χ1) is 12.6. The number of unbranched alkanes of at least 4 members (excludes halogenated alkanes) is 11. The molecule has 0 bridgehead atoms. The van der Waals surface area contributed by atoms with Crippen LogP contribution in [0.5, 0.6) is 5.75 Å². The maximum Gasteiger partial charge on any atom is 0.338 e. The highest BCUT2D eigenvalue weighted by atomic mass is 16.5. The highest BCUT2D eigenvalue weighted by Gasteiger charge is 2.04. The lowest BCUT2D eigenvalue weighted by atomic mass is 10.0. The second-order valence-electron chi connectivity index (χ2n) is 7.45. The molecule has 26 heavy (non-hydrogen) atoms. The zero-order valence-corrected chi connectivity index (χ0v) is 17.0. The third kappa shape index (κ3) is 11.1. The van der Waals surface area contributed by atoms with E-state index in [1.807, 2.05) is 12.1 Å². The van der Waals surface area contributed by atoms with Crippen LogP contribution >= 0.6 is 0 Å². The summed E-state index contributed by atoms with van der Waals surface area (Å²) in [6.07, 6.45) is 17.6. The van der Waals surface area contributed by atoms with Gasteiger partial charge in [0.2, 0.25) is 0 Å². The number of carbonyl (C=O) groups is 1. The Balaban J connectivity index is 1.99. The standard InChI is InChI=1S/C24H38O2/c1-4-5-6-7-8-9-10-11-12-13-14-15-16-22-17-19-23(20-18-22)26-24(25)21(2)3/h17-20H,2,4-16H2,1,3H3. The lowest BCUT2D eigenvalue weighted by Gasteiger charge is -2.06. The van der Waals surface area contributed by atoms with E-state index in [1.165, 1.54) is 82.6 Å². The van der Waals surface area contributed by atoms with Gasteiger partial charge in [0.25, 0.3) is 0 Å². The minimum atomic E-state index is -0.362. The average Bonchev–Trinajstić information content (AvgIpc) is 2.64. The Morgan fingerprint density at radius 1 is 0.808 bits per heavy atom. The average molecular weight is 359 g/mol. The van der Waals surface area contributed by atoms with E-state index in [1.54, 1.807) is 6.92 Å². The second kappa shape index (κ2) is 14.6. The first kappa shape index (κ1) is 22.5. The van der Waals surface area contributed by atoms with Gasteiger partial charge in [-0.25, -0.2) is 4.79 Å². The molecule has 1 rings (SSSR count). The Kier molecular flexibility index (Phi) is 12.6. The van der Waals surface area contributed by atoms with Gasteiger partial charge >= 0.3 is 5.97 Å². The van der Waals surface area contributed by atoms with Gasteiger partial charge in [0, 0.05) is 5.57 Å². The topological polar surface area (TPSA) is 26.3 Å². The van der Waals surface area contributed by atoms with Crippen molar-refractivity contribution in [2.75, 3.05) is 0 Å². The Hall–Kier alpha value is -1.57. The molecule has 0 saturated heterocycles. The van der Waals surface area contributed by atoms with E-state index in [9.17, 15) is 4.79 Å². The summed E-state index contributed by atoms with van der Waals surface area (Å²) in [7, 11) is 0. The molecule has 2 heteroatoms. The monoisotopic (exact) mass is 358 g/mol. The number of hydrogen-bond acceptors (Lipinski definition) is 2. The van der Waals surface area contributed by atoms with Gasteiger partial charge in [-0.2, -0.15) is 0 Å². The number of benzene rings is 1. The van der Waals surface area contributed by atoms with Crippen molar-refractivity contribution in [3.63, 3.8) is 0 Å². The van der Waals surface area contributed by atoms with Crippen molar-refractivity contribution in [2.24, 2.45) is 0 Å². The van der Waals surface area contributed by atoms with E-state index in [0.717, 1.165) is 6.42 Å². The van der Waals surface area contributed by atoms with Crippen LogP contribution in [0.1, 0.15) is 96.5 Å². The molecule has 2 nitrogen and oxygen atoms in total. The molecule has 0 aliphatic heterocycles. The van der Waals surface area contributed by atoms with Gasteiger partial charge in [-0.3, -0.25) is 0 Å². The maximum atomic E-state index is 11.5. The molecule has 0 saturated carbocycles. The van der Waals surface area contributed by atoms with Gasteiger partial charge in [0.1, 0.15) is 5.75 Å². The number of carbonyl (C=O) groups excluding carboxylic acids is 1. The third-order valence-electron chi connectivity index (χ3n) is 4.80. The summed E-state index contributed by atoms with van der Waals surface area (Å²) in [5.41, 5.74) is 1.73. The normalized spacial score (nSPS) is 10.7. The van der Waals surface area contributed by atoms with Crippen LogP contribution in [0.2, 0.25) is 0 Å². The van der Waals surface area contributed by atoms with Gasteiger partial charge < -0.3 is 4.74 Å². The van der Waals surface area contributed by atoms with Crippen molar-refractivity contribution >= 4 is 5.97 Å². The minimum absolute atomic E-state index is 0.362. The molecular formula is C24H38O2. The number of ether oxygens (including phenoxy) is 1. The van der Waals surface area contributed by atoms with Crippen LogP contribution < -0.4 is 4.74 Å². The summed E-state index contributed by atoms with van der Waals surface area (Å²) in [5.74, 6) is 0.232. The molecule has 0 unspecified atom stereocenters. The molecule has 146 valence electrons. The minimum Gasteiger partial charge on any atom is -0.423 e. The van der Waals surface area contributed by atoms with Gasteiger partial charge in [0.15, 0.2) is 0 Å². The van der Waals surface area contributed by atoms with Crippen LogP contribution in [0.15, 0.2) is 36.4 Å². The largest absolute Gasteiger partial charge is 0.423 e. The number of aryl methyl sites for hydroxylation is 1. The van der Waals surface area contributed by atoms with Crippen molar-refractivity contribution < 1.29 is 9.53 Å². The fourth-order valence-electron chi connectivity index (χ4n) is 3.09. The van der Waals surface area contributed by atoms with Crippen molar-refractivity contribution in [2.45, 2.75) is 97.3 Å². The molecule has 0 spiro atoms. The van der Waals surface area contributed by atoms with Crippen LogP contribution in [0.3, 0.4) is 0 Å². The Bertz CT molecular complexity index is 501. The number of rotatable bonds is 15. The van der Waals surface area contributed by atoms with Gasteiger partial charge in [-0.15, -0.1) is 0 Å². The molecule has 0 fully saturated rings. The molecular weight excluding hydrogens is 320 g/mol. The fourth-order valence-corrected chi connectivity index (χ4v) is 3.09. The van der Waals surface area contributed by atoms with E-state index < -0.39 is 0 Å². The van der Waals surface area contributed by atoms with Crippen LogP contribution in [0, 0.1) is 0 Å². The SMILES string of the molecule is C=C(C)C(=O)Oc1ccc(CCCCCCCCCCCCCC)cc1. The van der Waals surface area contributed by atoms with E-state index in [2.05, 4.69) is 25.6 Å². The number of hydrogen-bond donors (Lipinski definition) is 0. The van der Waals surface area contributed by atoms with Crippen molar-refractivity contribution in [1.29, 1.82) is 0 Å². The van der Waals surface area contributed by atoms with Gasteiger partial charge in [0.05, 0.1) is 0 Å². The molecule has 0 atom stereocenters. The number of esters is 1. The molecule has 0 aliphatic rings. The Morgan fingerprint density at radius 2 is 1.27 bits per heavy atom. The first-order valence-corrected chi connectivity index (χ1v) is 10.6.